The van der Waals surface area contributed by atoms with Crippen molar-refractivity contribution in [3.05, 3.63) is 0 Å². The molecule has 1 N–H and O–H groups in total. The van der Waals surface area contributed by atoms with E-state index in [0.29, 0.717) is 0 Å². The minimum absolute atomic E-state index is 0.880. The number of fused-ring (bicyclic) bond motifs is 2. The highest BCUT2D eigenvalue weighted by atomic mass is 15.0. The molecule has 2 fully saturated rings. The van der Waals surface area contributed by atoms with Gasteiger partial charge in [-0.1, -0.05) is 13.8 Å². The fourth-order valence-electron chi connectivity index (χ4n) is 2.64. The molecule has 0 aromatic heterocycles. The maximum atomic E-state index is 3.59. The molecule has 0 unspecified atom stereocenters. The maximum Gasteiger partial charge on any atom is 0.0101 e. The van der Waals surface area contributed by atoms with Gasteiger partial charge in [0.1, 0.15) is 0 Å². The fourth-order valence-corrected chi connectivity index (χ4v) is 2.64. The van der Waals surface area contributed by atoms with Crippen LogP contribution in [0.25, 0.3) is 0 Å². The van der Waals surface area contributed by atoms with E-state index in [4.69, 9.17) is 0 Å². The number of hydrogen-bond donors (Lipinski definition) is 1. The molecular formula is C9H17N. The molecule has 1 heterocycles. The predicted octanol–water partition coefficient (Wildman–Crippen LogP) is 1.64. The van der Waals surface area contributed by atoms with Crippen molar-refractivity contribution in [2.24, 2.45) is 17.8 Å². The van der Waals surface area contributed by atoms with E-state index in [-0.39, 0.29) is 0 Å². The lowest BCUT2D eigenvalue weighted by atomic mass is 9.89. The Morgan fingerprint density at radius 1 is 1.30 bits per heavy atom. The topological polar surface area (TPSA) is 12.0 Å². The average molecular weight is 139 g/mol. The van der Waals surface area contributed by atoms with Crippen LogP contribution in [0.4, 0.5) is 0 Å². The molecule has 0 radical (unpaired) electrons. The molecule has 0 amide bonds. The molecule has 2 rings (SSSR count). The van der Waals surface area contributed by atoms with Gasteiger partial charge in [-0.15, -0.1) is 0 Å². The summed E-state index contributed by atoms with van der Waals surface area (Å²) in [4.78, 5) is 0. The van der Waals surface area contributed by atoms with Crippen LogP contribution in [0.5, 0.6) is 0 Å². The maximum absolute atomic E-state index is 3.59. The molecule has 1 aliphatic carbocycles. The summed E-state index contributed by atoms with van der Waals surface area (Å²) in [6, 6.07) is 0.880. The molecular weight excluding hydrogens is 122 g/mol. The van der Waals surface area contributed by atoms with E-state index >= 15 is 0 Å². The van der Waals surface area contributed by atoms with Crippen molar-refractivity contribution in [2.75, 3.05) is 6.54 Å². The third-order valence-corrected chi connectivity index (χ3v) is 3.23. The van der Waals surface area contributed by atoms with Crippen LogP contribution < -0.4 is 5.32 Å². The van der Waals surface area contributed by atoms with Crippen molar-refractivity contribution in [1.82, 2.24) is 5.32 Å². The first-order valence-electron chi connectivity index (χ1n) is 4.50. The number of hydrogen-bond acceptors (Lipinski definition) is 1. The first kappa shape index (κ1) is 6.66. The smallest absolute Gasteiger partial charge is 0.0101 e. The second-order valence-electron chi connectivity index (χ2n) is 4.26. The van der Waals surface area contributed by atoms with Crippen LogP contribution in [0, 0.1) is 17.8 Å². The number of rotatable bonds is 1. The van der Waals surface area contributed by atoms with Crippen LogP contribution in [0.3, 0.4) is 0 Å². The quantitative estimate of drug-likeness (QED) is 0.582. The summed E-state index contributed by atoms with van der Waals surface area (Å²) >= 11 is 0. The second kappa shape index (κ2) is 2.23. The van der Waals surface area contributed by atoms with Crippen LogP contribution in [0.2, 0.25) is 0 Å². The van der Waals surface area contributed by atoms with Crippen molar-refractivity contribution < 1.29 is 0 Å². The molecule has 0 aromatic carbocycles. The zero-order valence-electron chi connectivity index (χ0n) is 6.93. The molecule has 1 saturated carbocycles. The van der Waals surface area contributed by atoms with E-state index in [1.54, 1.807) is 0 Å². The third kappa shape index (κ3) is 0.878. The molecule has 2 bridgehead atoms. The summed E-state index contributed by atoms with van der Waals surface area (Å²) in [6.07, 6.45) is 2.96. The van der Waals surface area contributed by atoms with Gasteiger partial charge in [0.15, 0.2) is 0 Å². The predicted molar refractivity (Wildman–Crippen MR) is 42.8 cm³/mol. The van der Waals surface area contributed by atoms with Gasteiger partial charge in [-0.2, -0.15) is 0 Å². The Morgan fingerprint density at radius 2 is 2.10 bits per heavy atom. The van der Waals surface area contributed by atoms with Gasteiger partial charge in [0.05, 0.1) is 0 Å². The lowest BCUT2D eigenvalue weighted by molar-refractivity contribution is 0.285. The SMILES string of the molecule is CC(C)[C@@H]1C[C@H]2CN[C@@H]1C2. The number of nitrogens with one attached hydrogen (secondary N) is 1. The second-order valence-corrected chi connectivity index (χ2v) is 4.26. The first-order chi connectivity index (χ1) is 4.77. The van der Waals surface area contributed by atoms with E-state index in [0.717, 1.165) is 23.8 Å². The summed E-state index contributed by atoms with van der Waals surface area (Å²) in [6.45, 7) is 6.01. The summed E-state index contributed by atoms with van der Waals surface area (Å²) < 4.78 is 0. The van der Waals surface area contributed by atoms with Gasteiger partial charge in [-0.05, 0) is 37.1 Å². The Labute approximate surface area is 63.2 Å². The Hall–Kier alpha value is -0.0400. The minimum atomic E-state index is 0.880. The van der Waals surface area contributed by atoms with Crippen molar-refractivity contribution in [2.45, 2.75) is 32.7 Å². The van der Waals surface area contributed by atoms with Gasteiger partial charge in [0.25, 0.3) is 0 Å². The van der Waals surface area contributed by atoms with Gasteiger partial charge < -0.3 is 5.32 Å². The highest BCUT2D eigenvalue weighted by molar-refractivity contribution is 4.96. The van der Waals surface area contributed by atoms with Gasteiger partial charge in [-0.3, -0.25) is 0 Å². The molecule has 2 aliphatic rings. The van der Waals surface area contributed by atoms with Crippen LogP contribution in [-0.2, 0) is 0 Å². The highest BCUT2D eigenvalue weighted by Gasteiger charge is 2.40. The van der Waals surface area contributed by atoms with Crippen LogP contribution >= 0.6 is 0 Å². The zero-order valence-corrected chi connectivity index (χ0v) is 6.93. The molecule has 1 nitrogen and oxygen atoms in total. The molecule has 0 aromatic rings. The monoisotopic (exact) mass is 139 g/mol. The molecule has 1 heteroatoms. The summed E-state index contributed by atoms with van der Waals surface area (Å²) in [7, 11) is 0. The standard InChI is InChI=1S/C9H17N/c1-6(2)8-3-7-4-9(8)10-5-7/h6-10H,3-5H2,1-2H3/t7-,8+,9-/m1/s1. The molecule has 10 heavy (non-hydrogen) atoms. The zero-order chi connectivity index (χ0) is 7.14. The van der Waals surface area contributed by atoms with E-state index < -0.39 is 0 Å². The van der Waals surface area contributed by atoms with E-state index in [1.165, 1.54) is 19.4 Å². The summed E-state index contributed by atoms with van der Waals surface area (Å²) in [5.41, 5.74) is 0. The summed E-state index contributed by atoms with van der Waals surface area (Å²) in [5, 5.41) is 3.59. The van der Waals surface area contributed by atoms with E-state index in [9.17, 15) is 0 Å². The Bertz CT molecular complexity index is 131. The van der Waals surface area contributed by atoms with E-state index in [1.807, 2.05) is 0 Å². The average Bonchev–Trinajstić information content (AvgIpc) is 2.44. The van der Waals surface area contributed by atoms with Crippen molar-refractivity contribution in [3.63, 3.8) is 0 Å². The molecule has 1 aliphatic heterocycles. The largest absolute Gasteiger partial charge is 0.313 e. The lowest BCUT2D eigenvalue weighted by Gasteiger charge is -2.25. The van der Waals surface area contributed by atoms with Gasteiger partial charge in [-0.25, -0.2) is 0 Å². The minimum Gasteiger partial charge on any atom is -0.313 e. The first-order valence-corrected chi connectivity index (χ1v) is 4.50. The Kier molecular flexibility index (Phi) is 1.48. The van der Waals surface area contributed by atoms with Gasteiger partial charge >= 0.3 is 0 Å². The number of piperidine rings is 1. The van der Waals surface area contributed by atoms with Crippen molar-refractivity contribution in [3.8, 4) is 0 Å². The van der Waals surface area contributed by atoms with Crippen LogP contribution in [0.1, 0.15) is 26.7 Å². The van der Waals surface area contributed by atoms with Gasteiger partial charge in [0, 0.05) is 6.04 Å². The Morgan fingerprint density at radius 3 is 2.40 bits per heavy atom. The third-order valence-electron chi connectivity index (χ3n) is 3.23. The normalized spacial score (nSPS) is 45.3. The van der Waals surface area contributed by atoms with E-state index in [2.05, 4.69) is 19.2 Å². The molecule has 0 spiro atoms. The van der Waals surface area contributed by atoms with Crippen molar-refractivity contribution >= 4 is 0 Å². The summed E-state index contributed by atoms with van der Waals surface area (Å²) in [5.74, 6) is 2.90. The molecule has 3 atom stereocenters. The fraction of sp³-hybridized carbons (Fsp3) is 1.00. The highest BCUT2D eigenvalue weighted by Crippen LogP contribution is 2.39. The molecule has 1 saturated heterocycles. The van der Waals surface area contributed by atoms with Crippen LogP contribution in [-0.4, -0.2) is 12.6 Å². The lowest BCUT2D eigenvalue weighted by Crippen LogP contribution is -2.35. The van der Waals surface area contributed by atoms with Gasteiger partial charge in [0.2, 0.25) is 0 Å². The van der Waals surface area contributed by atoms with Crippen molar-refractivity contribution in [1.29, 1.82) is 0 Å². The van der Waals surface area contributed by atoms with Crippen LogP contribution in [0.15, 0.2) is 0 Å². The molecule has 58 valence electrons. The Balaban J connectivity index is 2.02.